The lowest BCUT2D eigenvalue weighted by Crippen LogP contribution is -2.45. The first-order valence-electron chi connectivity index (χ1n) is 9.41. The van der Waals surface area contributed by atoms with Gasteiger partial charge < -0.3 is 19.7 Å². The van der Waals surface area contributed by atoms with E-state index in [0.717, 1.165) is 56.7 Å². The minimum atomic E-state index is -0.0771. The molecular formula is C20H32N2O3. The number of piperidine rings is 1. The first-order valence-corrected chi connectivity index (χ1v) is 9.41. The number of ether oxygens (including phenoxy) is 2. The summed E-state index contributed by atoms with van der Waals surface area (Å²) in [4.78, 5) is 14.5. The van der Waals surface area contributed by atoms with Crippen molar-refractivity contribution in [2.75, 3.05) is 33.4 Å². The molecule has 5 heteroatoms. The SMILES string of the molecule is CCCOc1ccccc1C(C)NC(=O)N1CCC(CCOC)CC1. The largest absolute Gasteiger partial charge is 0.493 e. The number of carbonyl (C=O) groups is 1. The number of hydrogen-bond donors (Lipinski definition) is 1. The molecule has 2 rings (SSSR count). The highest BCUT2D eigenvalue weighted by Crippen LogP contribution is 2.26. The highest BCUT2D eigenvalue weighted by atomic mass is 16.5. The highest BCUT2D eigenvalue weighted by Gasteiger charge is 2.24. The zero-order chi connectivity index (χ0) is 18.1. The van der Waals surface area contributed by atoms with Crippen molar-refractivity contribution in [2.45, 2.75) is 45.6 Å². The number of para-hydroxylation sites is 1. The Bertz CT molecular complexity index is 527. The van der Waals surface area contributed by atoms with Crippen LogP contribution in [0.2, 0.25) is 0 Å². The molecule has 1 aromatic carbocycles. The second-order valence-electron chi connectivity index (χ2n) is 6.77. The zero-order valence-electron chi connectivity index (χ0n) is 15.8. The summed E-state index contributed by atoms with van der Waals surface area (Å²) >= 11 is 0. The number of benzene rings is 1. The standard InChI is InChI=1S/C20H32N2O3/c1-4-14-25-19-8-6-5-7-18(19)16(2)21-20(23)22-12-9-17(10-13-22)11-15-24-3/h5-8,16-17H,4,9-15H2,1-3H3,(H,21,23). The van der Waals surface area contributed by atoms with E-state index in [1.54, 1.807) is 7.11 Å². The third-order valence-corrected chi connectivity index (χ3v) is 4.82. The summed E-state index contributed by atoms with van der Waals surface area (Å²) in [5.41, 5.74) is 1.03. The van der Waals surface area contributed by atoms with Crippen molar-refractivity contribution in [3.63, 3.8) is 0 Å². The number of hydrogen-bond acceptors (Lipinski definition) is 3. The zero-order valence-corrected chi connectivity index (χ0v) is 15.8. The van der Waals surface area contributed by atoms with Crippen molar-refractivity contribution in [1.29, 1.82) is 0 Å². The predicted octanol–water partition coefficient (Wildman–Crippen LogP) is 3.99. The molecule has 1 aromatic rings. The fraction of sp³-hybridized carbons (Fsp3) is 0.650. The van der Waals surface area contributed by atoms with E-state index in [2.05, 4.69) is 12.2 Å². The number of methoxy groups -OCH3 is 1. The molecule has 1 unspecified atom stereocenters. The van der Waals surface area contributed by atoms with Crippen LogP contribution in [0.3, 0.4) is 0 Å². The summed E-state index contributed by atoms with van der Waals surface area (Å²) in [6.07, 6.45) is 4.17. The van der Waals surface area contributed by atoms with Crippen LogP contribution in [0, 0.1) is 5.92 Å². The number of nitrogens with one attached hydrogen (secondary N) is 1. The number of carbonyl (C=O) groups excluding carboxylic acids is 1. The average Bonchev–Trinajstić information content (AvgIpc) is 2.65. The Morgan fingerprint density at radius 2 is 2.00 bits per heavy atom. The normalized spacial score (nSPS) is 16.5. The maximum atomic E-state index is 12.6. The molecule has 0 aromatic heterocycles. The Kier molecular flexibility index (Phi) is 8.06. The predicted molar refractivity (Wildman–Crippen MR) is 100.0 cm³/mol. The van der Waals surface area contributed by atoms with Crippen LogP contribution in [0.5, 0.6) is 5.75 Å². The molecule has 1 N–H and O–H groups in total. The van der Waals surface area contributed by atoms with E-state index >= 15 is 0 Å². The van der Waals surface area contributed by atoms with Gasteiger partial charge in [0.1, 0.15) is 5.75 Å². The van der Waals surface area contributed by atoms with Crippen LogP contribution < -0.4 is 10.1 Å². The second kappa shape index (κ2) is 10.3. The molecule has 1 saturated heterocycles. The Morgan fingerprint density at radius 3 is 2.68 bits per heavy atom. The monoisotopic (exact) mass is 348 g/mol. The molecule has 0 saturated carbocycles. The molecule has 5 nitrogen and oxygen atoms in total. The third-order valence-electron chi connectivity index (χ3n) is 4.82. The Hall–Kier alpha value is -1.75. The number of urea groups is 1. The van der Waals surface area contributed by atoms with Gasteiger partial charge in [-0.3, -0.25) is 0 Å². The topological polar surface area (TPSA) is 50.8 Å². The van der Waals surface area contributed by atoms with Crippen LogP contribution in [-0.2, 0) is 4.74 Å². The molecular weight excluding hydrogens is 316 g/mol. The van der Waals surface area contributed by atoms with Crippen LogP contribution >= 0.6 is 0 Å². The number of likely N-dealkylation sites (tertiary alicyclic amines) is 1. The summed E-state index contributed by atoms with van der Waals surface area (Å²) in [6.45, 7) is 7.23. The lowest BCUT2D eigenvalue weighted by atomic mass is 9.94. The van der Waals surface area contributed by atoms with Crippen LogP contribution in [0.15, 0.2) is 24.3 Å². The van der Waals surface area contributed by atoms with Crippen molar-refractivity contribution in [1.82, 2.24) is 10.2 Å². The van der Waals surface area contributed by atoms with Gasteiger partial charge in [0.05, 0.1) is 12.6 Å². The van der Waals surface area contributed by atoms with Crippen LogP contribution in [0.25, 0.3) is 0 Å². The Morgan fingerprint density at radius 1 is 1.28 bits per heavy atom. The van der Waals surface area contributed by atoms with Gasteiger partial charge in [0.25, 0.3) is 0 Å². The fourth-order valence-electron chi connectivity index (χ4n) is 3.25. The maximum Gasteiger partial charge on any atom is 0.317 e. The summed E-state index contributed by atoms with van der Waals surface area (Å²) < 4.78 is 11.0. The van der Waals surface area contributed by atoms with E-state index in [1.165, 1.54) is 0 Å². The summed E-state index contributed by atoms with van der Waals surface area (Å²) in [5.74, 6) is 1.53. The lowest BCUT2D eigenvalue weighted by molar-refractivity contribution is 0.138. The minimum Gasteiger partial charge on any atom is -0.493 e. The molecule has 0 aliphatic carbocycles. The Balaban J connectivity index is 1.86. The van der Waals surface area contributed by atoms with Gasteiger partial charge in [0.15, 0.2) is 0 Å². The molecule has 0 spiro atoms. The number of rotatable bonds is 8. The molecule has 1 atom stereocenters. The van der Waals surface area contributed by atoms with Gasteiger partial charge in [-0.2, -0.15) is 0 Å². The molecule has 0 radical (unpaired) electrons. The molecule has 1 aliphatic heterocycles. The molecule has 25 heavy (non-hydrogen) atoms. The van der Waals surface area contributed by atoms with Crippen LogP contribution in [0.4, 0.5) is 4.79 Å². The van der Waals surface area contributed by atoms with E-state index in [9.17, 15) is 4.79 Å². The van der Waals surface area contributed by atoms with Gasteiger partial charge in [-0.05, 0) is 44.6 Å². The molecule has 0 bridgehead atoms. The van der Waals surface area contributed by atoms with Gasteiger partial charge in [-0.15, -0.1) is 0 Å². The quantitative estimate of drug-likeness (QED) is 0.773. The summed E-state index contributed by atoms with van der Waals surface area (Å²) in [5, 5.41) is 3.12. The van der Waals surface area contributed by atoms with E-state index in [4.69, 9.17) is 9.47 Å². The van der Waals surface area contributed by atoms with Crippen LogP contribution in [-0.4, -0.2) is 44.3 Å². The first kappa shape index (κ1) is 19.6. The van der Waals surface area contributed by atoms with Crippen molar-refractivity contribution < 1.29 is 14.3 Å². The second-order valence-corrected chi connectivity index (χ2v) is 6.77. The minimum absolute atomic E-state index is 0.0167. The fourth-order valence-corrected chi connectivity index (χ4v) is 3.25. The lowest BCUT2D eigenvalue weighted by Gasteiger charge is -2.33. The molecule has 1 fully saturated rings. The van der Waals surface area contributed by atoms with Crippen molar-refractivity contribution in [3.8, 4) is 5.75 Å². The van der Waals surface area contributed by atoms with Gasteiger partial charge in [0.2, 0.25) is 0 Å². The third kappa shape index (κ3) is 5.92. The van der Waals surface area contributed by atoms with Crippen LogP contribution in [0.1, 0.15) is 51.1 Å². The average molecular weight is 348 g/mol. The summed E-state index contributed by atoms with van der Waals surface area (Å²) in [6, 6.07) is 7.88. The highest BCUT2D eigenvalue weighted by molar-refractivity contribution is 5.75. The molecule has 1 heterocycles. The van der Waals surface area contributed by atoms with Crippen molar-refractivity contribution in [2.24, 2.45) is 5.92 Å². The van der Waals surface area contributed by atoms with Gasteiger partial charge >= 0.3 is 6.03 Å². The summed E-state index contributed by atoms with van der Waals surface area (Å²) in [7, 11) is 1.74. The van der Waals surface area contributed by atoms with Gasteiger partial charge in [0, 0.05) is 32.4 Å². The van der Waals surface area contributed by atoms with Crippen molar-refractivity contribution in [3.05, 3.63) is 29.8 Å². The molecule has 2 amide bonds. The van der Waals surface area contributed by atoms with Gasteiger partial charge in [-0.1, -0.05) is 25.1 Å². The van der Waals surface area contributed by atoms with E-state index in [-0.39, 0.29) is 12.1 Å². The number of amides is 2. The number of nitrogens with zero attached hydrogens (tertiary/aromatic N) is 1. The van der Waals surface area contributed by atoms with Gasteiger partial charge in [-0.25, -0.2) is 4.79 Å². The van der Waals surface area contributed by atoms with E-state index < -0.39 is 0 Å². The Labute approximate surface area is 151 Å². The van der Waals surface area contributed by atoms with E-state index in [0.29, 0.717) is 12.5 Å². The maximum absolute atomic E-state index is 12.6. The first-order chi connectivity index (χ1) is 12.2. The van der Waals surface area contributed by atoms with E-state index in [1.807, 2.05) is 36.1 Å². The molecule has 1 aliphatic rings. The van der Waals surface area contributed by atoms with Crippen molar-refractivity contribution >= 4 is 6.03 Å². The smallest absolute Gasteiger partial charge is 0.317 e. The molecule has 140 valence electrons.